The molecular weight excluding hydrogens is 276 g/mol. The fraction of sp³-hybridized carbons (Fsp3) is 0.357. The van der Waals surface area contributed by atoms with Gasteiger partial charge in [0.15, 0.2) is 11.0 Å². The number of rotatable bonds is 5. The first kappa shape index (κ1) is 14.7. The fourth-order valence-electron chi connectivity index (χ4n) is 1.82. The molecule has 1 heterocycles. The summed E-state index contributed by atoms with van der Waals surface area (Å²) in [5, 5.41) is 2.81. The Morgan fingerprint density at radius 1 is 1.35 bits per heavy atom. The number of unbranched alkanes of at least 4 members (excludes halogenated alkanes) is 1. The Labute approximate surface area is 122 Å². The number of carbonyl (C=O) groups is 1. The predicted molar refractivity (Wildman–Crippen MR) is 80.7 cm³/mol. The first-order valence-corrected chi connectivity index (χ1v) is 6.98. The third kappa shape index (κ3) is 3.43. The average molecular weight is 293 g/mol. The van der Waals surface area contributed by atoms with Crippen LogP contribution in [0.25, 0.3) is 11.0 Å². The van der Waals surface area contributed by atoms with Crippen LogP contribution in [0.2, 0.25) is 5.15 Å². The largest absolute Gasteiger partial charge is 0.320 e. The maximum absolute atomic E-state index is 11.9. The molecule has 1 aromatic heterocycles. The third-order valence-corrected chi connectivity index (χ3v) is 3.24. The van der Waals surface area contributed by atoms with Gasteiger partial charge in [-0.15, -0.1) is 0 Å². The summed E-state index contributed by atoms with van der Waals surface area (Å²) in [6.45, 7) is 2.05. The van der Waals surface area contributed by atoms with E-state index < -0.39 is 6.04 Å². The molecular formula is C14H17ClN4O. The number of nitrogens with two attached hydrogens (primary N) is 1. The number of nitrogens with one attached hydrogen (secondary N) is 1. The van der Waals surface area contributed by atoms with Gasteiger partial charge in [-0.25, -0.2) is 9.97 Å². The van der Waals surface area contributed by atoms with Crippen molar-refractivity contribution in [2.24, 2.45) is 5.73 Å². The van der Waals surface area contributed by atoms with E-state index in [1.165, 1.54) is 0 Å². The summed E-state index contributed by atoms with van der Waals surface area (Å²) in [5.74, 6) is -0.0350. The number of halogens is 1. The Bertz CT molecular complexity index is 617. The number of para-hydroxylation sites is 2. The van der Waals surface area contributed by atoms with E-state index in [4.69, 9.17) is 17.3 Å². The van der Waals surface area contributed by atoms with Gasteiger partial charge in [-0.1, -0.05) is 43.5 Å². The maximum atomic E-state index is 11.9. The van der Waals surface area contributed by atoms with Gasteiger partial charge in [0.1, 0.15) is 0 Å². The Morgan fingerprint density at radius 3 is 2.65 bits per heavy atom. The van der Waals surface area contributed by atoms with Crippen LogP contribution in [0.15, 0.2) is 24.3 Å². The summed E-state index contributed by atoms with van der Waals surface area (Å²) >= 11 is 6.03. The molecule has 1 aromatic carbocycles. The number of nitrogens with zero attached hydrogens (tertiary/aromatic N) is 2. The van der Waals surface area contributed by atoms with Crippen LogP contribution in [0.4, 0.5) is 5.82 Å². The molecule has 2 aromatic rings. The van der Waals surface area contributed by atoms with Crippen molar-refractivity contribution in [1.82, 2.24) is 9.97 Å². The Hall–Kier alpha value is -1.72. The lowest BCUT2D eigenvalue weighted by molar-refractivity contribution is -0.117. The number of benzene rings is 1. The minimum absolute atomic E-state index is 0.166. The van der Waals surface area contributed by atoms with Crippen LogP contribution in [0, 0.1) is 0 Å². The van der Waals surface area contributed by atoms with Crippen LogP contribution in [0.3, 0.4) is 0 Å². The summed E-state index contributed by atoms with van der Waals surface area (Å²) in [6.07, 6.45) is 2.55. The number of amides is 1. The molecule has 0 aliphatic heterocycles. The number of aromatic nitrogens is 2. The molecule has 20 heavy (non-hydrogen) atoms. The van der Waals surface area contributed by atoms with E-state index in [9.17, 15) is 4.79 Å². The second-order valence-corrected chi connectivity index (χ2v) is 4.95. The lowest BCUT2D eigenvalue weighted by Crippen LogP contribution is -2.35. The summed E-state index contributed by atoms with van der Waals surface area (Å²) in [5.41, 5.74) is 7.17. The van der Waals surface area contributed by atoms with E-state index in [0.717, 1.165) is 12.8 Å². The highest BCUT2D eigenvalue weighted by Gasteiger charge is 2.16. The molecule has 5 nitrogen and oxygen atoms in total. The topological polar surface area (TPSA) is 80.9 Å². The fourth-order valence-corrected chi connectivity index (χ4v) is 2.00. The number of carbonyl (C=O) groups excluding carboxylic acids is 1. The molecule has 0 saturated carbocycles. The van der Waals surface area contributed by atoms with Gasteiger partial charge in [0, 0.05) is 0 Å². The lowest BCUT2D eigenvalue weighted by atomic mass is 10.1. The van der Waals surface area contributed by atoms with Gasteiger partial charge in [-0.05, 0) is 18.6 Å². The first-order valence-electron chi connectivity index (χ1n) is 6.60. The van der Waals surface area contributed by atoms with Crippen LogP contribution in [-0.2, 0) is 4.79 Å². The Morgan fingerprint density at radius 2 is 2.00 bits per heavy atom. The molecule has 3 N–H and O–H groups in total. The first-order chi connectivity index (χ1) is 9.61. The van der Waals surface area contributed by atoms with E-state index >= 15 is 0 Å². The van der Waals surface area contributed by atoms with Crippen LogP contribution in [0.1, 0.15) is 26.2 Å². The van der Waals surface area contributed by atoms with Crippen LogP contribution in [0.5, 0.6) is 0 Å². The monoisotopic (exact) mass is 292 g/mol. The number of anilines is 1. The summed E-state index contributed by atoms with van der Waals surface area (Å²) in [4.78, 5) is 20.4. The van der Waals surface area contributed by atoms with Gasteiger partial charge in [0.05, 0.1) is 17.1 Å². The third-order valence-electron chi connectivity index (χ3n) is 2.98. The Balaban J connectivity index is 2.16. The minimum atomic E-state index is -0.556. The van der Waals surface area contributed by atoms with Crippen molar-refractivity contribution in [3.8, 4) is 0 Å². The molecule has 2 rings (SSSR count). The average Bonchev–Trinajstić information content (AvgIpc) is 2.45. The van der Waals surface area contributed by atoms with Gasteiger partial charge in [-0.3, -0.25) is 4.79 Å². The number of hydrogen-bond donors (Lipinski definition) is 2. The molecule has 0 unspecified atom stereocenters. The van der Waals surface area contributed by atoms with Crippen molar-refractivity contribution in [3.63, 3.8) is 0 Å². The zero-order valence-corrected chi connectivity index (χ0v) is 12.0. The minimum Gasteiger partial charge on any atom is -0.320 e. The summed E-state index contributed by atoms with van der Waals surface area (Å²) in [7, 11) is 0. The molecule has 0 bridgehead atoms. The van der Waals surface area contributed by atoms with Crippen LogP contribution in [-0.4, -0.2) is 21.9 Å². The standard InChI is InChI=1S/C14H17ClN4O/c1-2-3-6-9(16)14(20)19-13-12(15)17-10-7-4-5-8-11(10)18-13/h4-5,7-9H,2-3,6,16H2,1H3,(H,18,19,20)/t9-/m0/s1. The van der Waals surface area contributed by atoms with Crippen molar-refractivity contribution in [1.29, 1.82) is 0 Å². The smallest absolute Gasteiger partial charge is 0.242 e. The zero-order valence-electron chi connectivity index (χ0n) is 11.3. The number of fused-ring (bicyclic) bond motifs is 1. The molecule has 1 atom stereocenters. The van der Waals surface area contributed by atoms with Gasteiger partial charge < -0.3 is 11.1 Å². The molecule has 0 aliphatic carbocycles. The van der Waals surface area contributed by atoms with Crippen LogP contribution >= 0.6 is 11.6 Å². The van der Waals surface area contributed by atoms with E-state index in [1.807, 2.05) is 24.3 Å². The summed E-state index contributed by atoms with van der Waals surface area (Å²) in [6, 6.07) is 6.77. The SMILES string of the molecule is CCCC[C@H](N)C(=O)Nc1nc2ccccc2nc1Cl. The molecule has 6 heteroatoms. The molecule has 0 radical (unpaired) electrons. The van der Waals surface area contributed by atoms with Crippen molar-refractivity contribution in [2.45, 2.75) is 32.2 Å². The molecule has 0 aliphatic rings. The molecule has 0 fully saturated rings. The van der Waals surface area contributed by atoms with E-state index in [1.54, 1.807) is 0 Å². The van der Waals surface area contributed by atoms with Crippen molar-refractivity contribution in [2.75, 3.05) is 5.32 Å². The van der Waals surface area contributed by atoms with Crippen molar-refractivity contribution in [3.05, 3.63) is 29.4 Å². The van der Waals surface area contributed by atoms with Crippen LogP contribution < -0.4 is 11.1 Å². The number of hydrogen-bond acceptors (Lipinski definition) is 4. The molecule has 0 spiro atoms. The normalized spacial score (nSPS) is 12.3. The molecule has 106 valence electrons. The molecule has 1 amide bonds. The lowest BCUT2D eigenvalue weighted by Gasteiger charge is -2.12. The quantitative estimate of drug-likeness (QED) is 0.888. The van der Waals surface area contributed by atoms with E-state index in [2.05, 4.69) is 22.2 Å². The highest BCUT2D eigenvalue weighted by molar-refractivity contribution is 6.32. The zero-order chi connectivity index (χ0) is 14.5. The van der Waals surface area contributed by atoms with Gasteiger partial charge in [0.25, 0.3) is 0 Å². The second-order valence-electron chi connectivity index (χ2n) is 4.59. The highest BCUT2D eigenvalue weighted by atomic mass is 35.5. The van der Waals surface area contributed by atoms with Crippen molar-refractivity contribution < 1.29 is 4.79 Å². The molecule has 0 saturated heterocycles. The maximum Gasteiger partial charge on any atom is 0.242 e. The van der Waals surface area contributed by atoms with Gasteiger partial charge >= 0.3 is 0 Å². The highest BCUT2D eigenvalue weighted by Crippen LogP contribution is 2.21. The van der Waals surface area contributed by atoms with Crippen molar-refractivity contribution >= 4 is 34.4 Å². The van der Waals surface area contributed by atoms with E-state index in [0.29, 0.717) is 17.5 Å². The second kappa shape index (κ2) is 6.63. The van der Waals surface area contributed by atoms with Gasteiger partial charge in [0.2, 0.25) is 5.91 Å². The van der Waals surface area contributed by atoms with E-state index in [-0.39, 0.29) is 16.9 Å². The predicted octanol–water partition coefficient (Wildman–Crippen LogP) is 2.74. The van der Waals surface area contributed by atoms with Gasteiger partial charge in [-0.2, -0.15) is 0 Å². The Kier molecular flexibility index (Phi) is 4.87. The summed E-state index contributed by atoms with van der Waals surface area (Å²) < 4.78 is 0.